The second kappa shape index (κ2) is 5.52. The van der Waals surface area contributed by atoms with Crippen LogP contribution in [0.5, 0.6) is 0 Å². The zero-order valence-corrected chi connectivity index (χ0v) is 10.9. The molecule has 2 unspecified atom stereocenters. The Labute approximate surface area is 103 Å². The van der Waals surface area contributed by atoms with E-state index in [9.17, 15) is 9.59 Å². The van der Waals surface area contributed by atoms with Gasteiger partial charge in [0.25, 0.3) is 0 Å². The Hall–Kier alpha value is -1.06. The SMILES string of the molecule is CCC(C(N)=O)C(C)(C(N)=O)C1CCCCC1. The lowest BCUT2D eigenvalue weighted by molar-refractivity contribution is -0.143. The number of primary amides is 2. The third-order valence-electron chi connectivity index (χ3n) is 4.46. The fourth-order valence-electron chi connectivity index (χ4n) is 3.28. The van der Waals surface area contributed by atoms with Crippen molar-refractivity contribution < 1.29 is 9.59 Å². The van der Waals surface area contributed by atoms with E-state index in [1.807, 2.05) is 13.8 Å². The molecule has 17 heavy (non-hydrogen) atoms. The smallest absolute Gasteiger partial charge is 0.224 e. The van der Waals surface area contributed by atoms with Gasteiger partial charge in [0, 0.05) is 0 Å². The van der Waals surface area contributed by atoms with E-state index >= 15 is 0 Å². The molecule has 1 saturated carbocycles. The van der Waals surface area contributed by atoms with Crippen LogP contribution in [0.4, 0.5) is 0 Å². The average Bonchev–Trinajstić information content (AvgIpc) is 2.30. The molecule has 0 aromatic carbocycles. The van der Waals surface area contributed by atoms with E-state index in [4.69, 9.17) is 11.5 Å². The van der Waals surface area contributed by atoms with Gasteiger partial charge in [-0.1, -0.05) is 26.2 Å². The number of hydrogen-bond donors (Lipinski definition) is 2. The van der Waals surface area contributed by atoms with Crippen LogP contribution in [0.25, 0.3) is 0 Å². The second-order valence-corrected chi connectivity index (χ2v) is 5.35. The van der Waals surface area contributed by atoms with Gasteiger partial charge in [-0.15, -0.1) is 0 Å². The molecule has 1 aliphatic rings. The van der Waals surface area contributed by atoms with E-state index in [-0.39, 0.29) is 11.8 Å². The van der Waals surface area contributed by atoms with Gasteiger partial charge in [0.2, 0.25) is 11.8 Å². The van der Waals surface area contributed by atoms with Crippen molar-refractivity contribution in [2.24, 2.45) is 28.7 Å². The monoisotopic (exact) mass is 240 g/mol. The van der Waals surface area contributed by atoms with Crippen molar-refractivity contribution in [2.75, 3.05) is 0 Å². The molecule has 0 radical (unpaired) electrons. The summed E-state index contributed by atoms with van der Waals surface area (Å²) >= 11 is 0. The van der Waals surface area contributed by atoms with Gasteiger partial charge in [0.1, 0.15) is 0 Å². The summed E-state index contributed by atoms with van der Waals surface area (Å²) in [5.74, 6) is -1.02. The van der Waals surface area contributed by atoms with Crippen LogP contribution in [0.15, 0.2) is 0 Å². The molecule has 0 bridgehead atoms. The van der Waals surface area contributed by atoms with E-state index in [0.29, 0.717) is 6.42 Å². The molecular weight excluding hydrogens is 216 g/mol. The number of carbonyl (C=O) groups is 2. The third kappa shape index (κ3) is 2.61. The molecule has 2 atom stereocenters. The molecule has 1 fully saturated rings. The number of amides is 2. The predicted molar refractivity (Wildman–Crippen MR) is 66.9 cm³/mol. The van der Waals surface area contributed by atoms with Crippen LogP contribution in [0.2, 0.25) is 0 Å². The van der Waals surface area contributed by atoms with Crippen molar-refractivity contribution in [2.45, 2.75) is 52.4 Å². The molecule has 1 aliphatic carbocycles. The maximum absolute atomic E-state index is 11.8. The molecule has 0 aromatic heterocycles. The van der Waals surface area contributed by atoms with Gasteiger partial charge >= 0.3 is 0 Å². The molecule has 4 heteroatoms. The highest BCUT2D eigenvalue weighted by Crippen LogP contribution is 2.44. The average molecular weight is 240 g/mol. The fraction of sp³-hybridized carbons (Fsp3) is 0.846. The molecule has 0 saturated heterocycles. The number of carbonyl (C=O) groups excluding carboxylic acids is 2. The molecule has 98 valence electrons. The first-order chi connectivity index (χ1) is 7.94. The molecule has 0 aromatic rings. The zero-order chi connectivity index (χ0) is 13.1. The summed E-state index contributed by atoms with van der Waals surface area (Å²) in [6.07, 6.45) is 5.96. The van der Waals surface area contributed by atoms with Gasteiger partial charge in [-0.2, -0.15) is 0 Å². The van der Waals surface area contributed by atoms with Crippen molar-refractivity contribution in [3.05, 3.63) is 0 Å². The van der Waals surface area contributed by atoms with E-state index < -0.39 is 17.2 Å². The fourth-order valence-corrected chi connectivity index (χ4v) is 3.28. The molecule has 4 N–H and O–H groups in total. The summed E-state index contributed by atoms with van der Waals surface area (Å²) in [5, 5.41) is 0. The van der Waals surface area contributed by atoms with Crippen LogP contribution < -0.4 is 11.5 Å². The van der Waals surface area contributed by atoms with Crippen molar-refractivity contribution >= 4 is 11.8 Å². The van der Waals surface area contributed by atoms with Crippen molar-refractivity contribution in [1.29, 1.82) is 0 Å². The highest BCUT2D eigenvalue weighted by Gasteiger charge is 2.47. The van der Waals surface area contributed by atoms with Crippen LogP contribution >= 0.6 is 0 Å². The molecule has 2 amide bonds. The summed E-state index contributed by atoms with van der Waals surface area (Å²) in [4.78, 5) is 23.4. The van der Waals surface area contributed by atoms with Crippen LogP contribution in [0.3, 0.4) is 0 Å². The molecule has 0 spiro atoms. The van der Waals surface area contributed by atoms with Gasteiger partial charge < -0.3 is 11.5 Å². The Morgan fingerprint density at radius 1 is 1.24 bits per heavy atom. The molecule has 4 nitrogen and oxygen atoms in total. The Bertz CT molecular complexity index is 298. The molecular formula is C13H24N2O2. The maximum Gasteiger partial charge on any atom is 0.224 e. The summed E-state index contributed by atoms with van der Waals surface area (Å²) in [5.41, 5.74) is 10.2. The van der Waals surface area contributed by atoms with Gasteiger partial charge in [0.05, 0.1) is 11.3 Å². The summed E-state index contributed by atoms with van der Waals surface area (Å²) in [7, 11) is 0. The van der Waals surface area contributed by atoms with E-state index in [0.717, 1.165) is 25.7 Å². The van der Waals surface area contributed by atoms with Crippen molar-refractivity contribution in [1.82, 2.24) is 0 Å². The Morgan fingerprint density at radius 3 is 2.12 bits per heavy atom. The van der Waals surface area contributed by atoms with E-state index in [2.05, 4.69) is 0 Å². The first kappa shape index (κ1) is 14.0. The zero-order valence-electron chi connectivity index (χ0n) is 10.9. The highest BCUT2D eigenvalue weighted by atomic mass is 16.2. The quantitative estimate of drug-likeness (QED) is 0.764. The van der Waals surface area contributed by atoms with Gasteiger partial charge in [0.15, 0.2) is 0 Å². The lowest BCUT2D eigenvalue weighted by atomic mass is 9.62. The topological polar surface area (TPSA) is 86.2 Å². The molecule has 0 aliphatic heterocycles. The van der Waals surface area contributed by atoms with Gasteiger partial charge in [-0.25, -0.2) is 0 Å². The first-order valence-electron chi connectivity index (χ1n) is 6.53. The number of rotatable bonds is 5. The lowest BCUT2D eigenvalue weighted by Crippen LogP contribution is -2.51. The normalized spacial score (nSPS) is 22.7. The summed E-state index contributed by atoms with van der Waals surface area (Å²) in [6, 6.07) is 0. The minimum Gasteiger partial charge on any atom is -0.369 e. The summed E-state index contributed by atoms with van der Waals surface area (Å²) in [6.45, 7) is 3.71. The summed E-state index contributed by atoms with van der Waals surface area (Å²) < 4.78 is 0. The maximum atomic E-state index is 11.8. The minimum absolute atomic E-state index is 0.200. The van der Waals surface area contributed by atoms with Gasteiger partial charge in [-0.05, 0) is 32.1 Å². The second-order valence-electron chi connectivity index (χ2n) is 5.35. The number of hydrogen-bond acceptors (Lipinski definition) is 2. The van der Waals surface area contributed by atoms with Crippen molar-refractivity contribution in [3.63, 3.8) is 0 Å². The molecule has 0 heterocycles. The minimum atomic E-state index is -0.777. The lowest BCUT2D eigenvalue weighted by Gasteiger charge is -2.41. The Kier molecular flexibility index (Phi) is 4.54. The van der Waals surface area contributed by atoms with E-state index in [1.165, 1.54) is 6.42 Å². The third-order valence-corrected chi connectivity index (χ3v) is 4.46. The van der Waals surface area contributed by atoms with Crippen LogP contribution in [0.1, 0.15) is 52.4 Å². The van der Waals surface area contributed by atoms with Gasteiger partial charge in [-0.3, -0.25) is 9.59 Å². The van der Waals surface area contributed by atoms with Crippen LogP contribution in [-0.4, -0.2) is 11.8 Å². The number of nitrogens with two attached hydrogens (primary N) is 2. The largest absolute Gasteiger partial charge is 0.369 e. The Balaban J connectivity index is 3.01. The highest BCUT2D eigenvalue weighted by molar-refractivity contribution is 5.89. The van der Waals surface area contributed by atoms with Crippen LogP contribution in [0, 0.1) is 17.3 Å². The molecule has 1 rings (SSSR count). The first-order valence-corrected chi connectivity index (χ1v) is 6.53. The van der Waals surface area contributed by atoms with Crippen LogP contribution in [-0.2, 0) is 9.59 Å². The predicted octanol–water partition coefficient (Wildman–Crippen LogP) is 1.57. The Morgan fingerprint density at radius 2 is 1.76 bits per heavy atom. The standard InChI is InChI=1S/C13H24N2O2/c1-3-10(11(14)16)13(2,12(15)17)9-7-5-4-6-8-9/h9-10H,3-8H2,1-2H3,(H2,14,16)(H2,15,17). The van der Waals surface area contributed by atoms with E-state index in [1.54, 1.807) is 0 Å². The van der Waals surface area contributed by atoms with Crippen molar-refractivity contribution in [3.8, 4) is 0 Å².